The van der Waals surface area contributed by atoms with Crippen LogP contribution >= 0.6 is 0 Å². The second-order valence-corrected chi connectivity index (χ2v) is 9.60. The van der Waals surface area contributed by atoms with Crippen LogP contribution in [0.2, 0.25) is 0 Å². The first kappa shape index (κ1) is 21.9. The molecule has 4 rings (SSSR count). The Bertz CT molecular complexity index is 1330. The van der Waals surface area contributed by atoms with Crippen LogP contribution < -0.4 is 14.9 Å². The molecule has 2 N–H and O–H groups in total. The minimum absolute atomic E-state index is 0.0153. The normalized spacial score (nSPS) is 16.7. The van der Waals surface area contributed by atoms with Crippen LogP contribution in [0, 0.1) is 0 Å². The third kappa shape index (κ3) is 4.20. The molecule has 32 heavy (non-hydrogen) atoms. The molecule has 1 aromatic heterocycles. The number of aromatic amines is 1. The maximum atomic E-state index is 13.1. The molecule has 0 aliphatic carbocycles. The zero-order valence-corrected chi connectivity index (χ0v) is 18.7. The van der Waals surface area contributed by atoms with Crippen molar-refractivity contribution < 1.29 is 17.9 Å². The highest BCUT2D eigenvalue weighted by Crippen LogP contribution is 2.23. The van der Waals surface area contributed by atoms with Crippen LogP contribution in [0.15, 0.2) is 58.4 Å². The highest BCUT2D eigenvalue weighted by Gasteiger charge is 2.26. The van der Waals surface area contributed by atoms with Crippen LogP contribution in [-0.2, 0) is 10.0 Å². The third-order valence-corrected chi connectivity index (χ3v) is 7.16. The van der Waals surface area contributed by atoms with Gasteiger partial charge in [-0.3, -0.25) is 14.3 Å². The number of rotatable bonds is 5. The van der Waals surface area contributed by atoms with Crippen LogP contribution in [0.4, 0.5) is 5.69 Å². The second-order valence-electron chi connectivity index (χ2n) is 7.92. The van der Waals surface area contributed by atoms with Gasteiger partial charge in [-0.05, 0) is 56.5 Å². The average molecular weight is 456 g/mol. The maximum absolute atomic E-state index is 13.1. The first-order valence-corrected chi connectivity index (χ1v) is 11.9. The Morgan fingerprint density at radius 2 is 2.00 bits per heavy atom. The molecular formula is C23H25N3O5S. The van der Waals surface area contributed by atoms with E-state index in [0.29, 0.717) is 23.5 Å². The summed E-state index contributed by atoms with van der Waals surface area (Å²) in [6, 6.07) is 10.8. The van der Waals surface area contributed by atoms with E-state index in [1.165, 1.54) is 31.5 Å². The summed E-state index contributed by atoms with van der Waals surface area (Å²) in [5, 5.41) is 0.147. The molecule has 1 atom stereocenters. The Balaban J connectivity index is 1.70. The third-order valence-electron chi connectivity index (χ3n) is 5.78. The number of H-pyrrole nitrogens is 1. The maximum Gasteiger partial charge on any atom is 0.261 e. The number of ether oxygens (including phenoxy) is 1. The molecule has 2 heterocycles. The first-order chi connectivity index (χ1) is 15.3. The van der Waals surface area contributed by atoms with Gasteiger partial charge in [0.25, 0.3) is 15.9 Å². The molecule has 9 heteroatoms. The smallest absolute Gasteiger partial charge is 0.261 e. The van der Waals surface area contributed by atoms with Gasteiger partial charge in [-0.1, -0.05) is 6.07 Å². The molecule has 0 spiro atoms. The number of anilines is 1. The van der Waals surface area contributed by atoms with Gasteiger partial charge in [-0.25, -0.2) is 8.42 Å². The lowest BCUT2D eigenvalue weighted by molar-refractivity contribution is 0.0634. The number of piperidine rings is 1. The zero-order chi connectivity index (χ0) is 22.9. The van der Waals surface area contributed by atoms with E-state index in [-0.39, 0.29) is 27.8 Å². The van der Waals surface area contributed by atoms with E-state index in [4.69, 9.17) is 4.74 Å². The SMILES string of the molecule is COc1cccc(NS(=O)(=O)c2ccc3[nH]cc(C(=O)N4CCCC[C@@H]4C)c(=O)c3c2)c1. The van der Waals surface area contributed by atoms with Gasteiger partial charge in [0.1, 0.15) is 11.3 Å². The predicted molar refractivity (Wildman–Crippen MR) is 123 cm³/mol. The summed E-state index contributed by atoms with van der Waals surface area (Å²) in [6.45, 7) is 2.58. The number of pyridine rings is 1. The lowest BCUT2D eigenvalue weighted by Crippen LogP contribution is -2.43. The van der Waals surface area contributed by atoms with E-state index in [1.54, 1.807) is 29.2 Å². The number of benzene rings is 2. The Labute approximate surface area is 186 Å². The standard InChI is InChI=1S/C23H25N3O5S/c1-15-6-3-4-11-26(15)23(28)20-14-24-21-10-9-18(13-19(21)22(20)27)32(29,30)25-16-7-5-8-17(12-16)31-2/h5,7-10,12-15,25H,3-4,6,11H2,1-2H3,(H,24,27)/t15-/m0/s1. The fourth-order valence-electron chi connectivity index (χ4n) is 3.98. The van der Waals surface area contributed by atoms with Gasteiger partial charge in [0.2, 0.25) is 5.43 Å². The van der Waals surface area contributed by atoms with Crippen LogP contribution in [0.3, 0.4) is 0 Å². The van der Waals surface area contributed by atoms with Crippen LogP contribution in [0.5, 0.6) is 5.75 Å². The molecule has 1 fully saturated rings. The van der Waals surface area contributed by atoms with Crippen LogP contribution in [-0.4, -0.2) is 43.9 Å². The predicted octanol–water partition coefficient (Wildman–Crippen LogP) is 3.35. The lowest BCUT2D eigenvalue weighted by Gasteiger charge is -2.33. The number of nitrogens with one attached hydrogen (secondary N) is 2. The number of fused-ring (bicyclic) bond motifs is 1. The fourth-order valence-corrected chi connectivity index (χ4v) is 5.05. The van der Waals surface area contributed by atoms with Crippen molar-refractivity contribution in [2.24, 2.45) is 0 Å². The van der Waals surface area contributed by atoms with E-state index in [2.05, 4.69) is 9.71 Å². The number of carbonyl (C=O) groups excluding carboxylic acids is 1. The molecule has 0 unspecified atom stereocenters. The molecule has 3 aromatic rings. The van der Waals surface area contributed by atoms with Crippen molar-refractivity contribution in [2.75, 3.05) is 18.4 Å². The number of aromatic nitrogens is 1. The summed E-state index contributed by atoms with van der Waals surface area (Å²) >= 11 is 0. The first-order valence-electron chi connectivity index (χ1n) is 10.4. The molecule has 1 aliphatic heterocycles. The molecule has 0 saturated carbocycles. The number of hydrogen-bond acceptors (Lipinski definition) is 5. The lowest BCUT2D eigenvalue weighted by atomic mass is 10.0. The van der Waals surface area contributed by atoms with Crippen molar-refractivity contribution in [3.63, 3.8) is 0 Å². The molecule has 8 nitrogen and oxygen atoms in total. The number of hydrogen-bond donors (Lipinski definition) is 2. The summed E-state index contributed by atoms with van der Waals surface area (Å²) in [6.07, 6.45) is 4.27. The number of carbonyl (C=O) groups is 1. The van der Waals surface area contributed by atoms with Gasteiger partial charge in [-0.15, -0.1) is 0 Å². The molecule has 1 saturated heterocycles. The fraction of sp³-hybridized carbons (Fsp3) is 0.304. The highest BCUT2D eigenvalue weighted by atomic mass is 32.2. The summed E-state index contributed by atoms with van der Waals surface area (Å²) in [7, 11) is -2.47. The van der Waals surface area contributed by atoms with Gasteiger partial charge in [0.15, 0.2) is 0 Å². The van der Waals surface area contributed by atoms with Crippen molar-refractivity contribution >= 4 is 32.5 Å². The van der Waals surface area contributed by atoms with Crippen molar-refractivity contribution in [3.8, 4) is 5.75 Å². The summed E-state index contributed by atoms with van der Waals surface area (Å²) < 4.78 is 33.5. The molecule has 168 valence electrons. The Hall–Kier alpha value is -3.33. The van der Waals surface area contributed by atoms with E-state index in [9.17, 15) is 18.0 Å². The van der Waals surface area contributed by atoms with Crippen molar-refractivity contribution in [3.05, 3.63) is 64.4 Å². The number of nitrogens with zero attached hydrogens (tertiary/aromatic N) is 1. The molecule has 1 amide bonds. The summed E-state index contributed by atoms with van der Waals surface area (Å²) in [5.74, 6) is 0.179. The quantitative estimate of drug-likeness (QED) is 0.613. The molecule has 2 aromatic carbocycles. The zero-order valence-electron chi connectivity index (χ0n) is 17.9. The van der Waals surface area contributed by atoms with Gasteiger partial charge in [0.05, 0.1) is 17.7 Å². The monoisotopic (exact) mass is 455 g/mol. The second kappa shape index (κ2) is 8.66. The van der Waals surface area contributed by atoms with Gasteiger partial charge in [-0.2, -0.15) is 0 Å². The van der Waals surface area contributed by atoms with Crippen LogP contribution in [0.25, 0.3) is 10.9 Å². The largest absolute Gasteiger partial charge is 0.497 e. The van der Waals surface area contributed by atoms with E-state index < -0.39 is 15.5 Å². The Morgan fingerprint density at radius 3 is 2.75 bits per heavy atom. The summed E-state index contributed by atoms with van der Waals surface area (Å²) in [5.41, 5.74) is 0.321. The minimum Gasteiger partial charge on any atom is -0.497 e. The van der Waals surface area contributed by atoms with Gasteiger partial charge in [0, 0.05) is 35.8 Å². The number of likely N-dealkylation sites (tertiary alicyclic amines) is 1. The Kier molecular flexibility index (Phi) is 5.92. The molecule has 1 aliphatic rings. The number of methoxy groups -OCH3 is 1. The van der Waals surface area contributed by atoms with Crippen molar-refractivity contribution in [2.45, 2.75) is 37.1 Å². The topological polar surface area (TPSA) is 109 Å². The van der Waals surface area contributed by atoms with E-state index >= 15 is 0 Å². The number of amides is 1. The average Bonchev–Trinajstić information content (AvgIpc) is 2.79. The number of sulfonamides is 1. The van der Waals surface area contributed by atoms with E-state index in [1.807, 2.05) is 6.92 Å². The van der Waals surface area contributed by atoms with Crippen molar-refractivity contribution in [1.29, 1.82) is 0 Å². The Morgan fingerprint density at radius 1 is 1.19 bits per heavy atom. The van der Waals surface area contributed by atoms with Crippen LogP contribution in [0.1, 0.15) is 36.5 Å². The molecular weight excluding hydrogens is 430 g/mol. The van der Waals surface area contributed by atoms with Gasteiger partial charge >= 0.3 is 0 Å². The summed E-state index contributed by atoms with van der Waals surface area (Å²) in [4.78, 5) is 30.8. The van der Waals surface area contributed by atoms with Crippen molar-refractivity contribution in [1.82, 2.24) is 9.88 Å². The highest BCUT2D eigenvalue weighted by molar-refractivity contribution is 7.92. The van der Waals surface area contributed by atoms with E-state index in [0.717, 1.165) is 19.3 Å². The minimum atomic E-state index is -3.96. The van der Waals surface area contributed by atoms with Gasteiger partial charge < -0.3 is 14.6 Å². The molecule has 0 bridgehead atoms. The molecule has 0 radical (unpaired) electrons.